The predicted octanol–water partition coefficient (Wildman–Crippen LogP) is 1.85. The van der Waals surface area contributed by atoms with Crippen molar-refractivity contribution in [2.75, 3.05) is 10.6 Å². The van der Waals surface area contributed by atoms with Crippen LogP contribution in [0, 0.1) is 0 Å². The van der Waals surface area contributed by atoms with Crippen molar-refractivity contribution < 1.29 is 9.59 Å². The SMILES string of the molecule is CC(N)c1ccc(C(=O)Nc2ccnc3c2CC(=O)N3)cc1. The molecule has 0 saturated carbocycles. The molecule has 3 rings (SSSR count). The Hall–Kier alpha value is -2.73. The molecule has 2 amide bonds. The zero-order valence-corrected chi connectivity index (χ0v) is 12.1. The lowest BCUT2D eigenvalue weighted by Gasteiger charge is -2.10. The third-order valence-electron chi connectivity index (χ3n) is 3.60. The van der Waals surface area contributed by atoms with Gasteiger partial charge in [-0.05, 0) is 30.7 Å². The van der Waals surface area contributed by atoms with Gasteiger partial charge in [-0.1, -0.05) is 12.1 Å². The Bertz CT molecular complexity index is 738. The van der Waals surface area contributed by atoms with Crippen LogP contribution in [0.15, 0.2) is 36.5 Å². The summed E-state index contributed by atoms with van der Waals surface area (Å²) in [5, 5.41) is 5.48. The molecule has 0 radical (unpaired) electrons. The number of carbonyl (C=O) groups is 2. The molecule has 2 heterocycles. The number of fused-ring (bicyclic) bond motifs is 1. The maximum atomic E-state index is 12.3. The van der Waals surface area contributed by atoms with Gasteiger partial charge in [0.15, 0.2) is 0 Å². The van der Waals surface area contributed by atoms with Crippen LogP contribution < -0.4 is 16.4 Å². The third-order valence-corrected chi connectivity index (χ3v) is 3.60. The molecule has 4 N–H and O–H groups in total. The maximum Gasteiger partial charge on any atom is 0.255 e. The van der Waals surface area contributed by atoms with Gasteiger partial charge in [-0.25, -0.2) is 4.98 Å². The molecule has 0 aliphatic carbocycles. The van der Waals surface area contributed by atoms with E-state index in [9.17, 15) is 9.59 Å². The topological polar surface area (TPSA) is 97.1 Å². The molecule has 0 saturated heterocycles. The van der Waals surface area contributed by atoms with E-state index in [0.29, 0.717) is 22.6 Å². The molecule has 0 spiro atoms. The quantitative estimate of drug-likeness (QED) is 0.805. The lowest BCUT2D eigenvalue weighted by molar-refractivity contribution is -0.115. The third kappa shape index (κ3) is 2.68. The highest BCUT2D eigenvalue weighted by molar-refractivity contribution is 6.07. The van der Waals surface area contributed by atoms with Crippen LogP contribution in [-0.4, -0.2) is 16.8 Å². The van der Waals surface area contributed by atoms with Crippen LogP contribution in [-0.2, 0) is 11.2 Å². The Balaban J connectivity index is 1.81. The highest BCUT2D eigenvalue weighted by atomic mass is 16.2. The average molecular weight is 296 g/mol. The number of nitrogens with zero attached hydrogens (tertiary/aromatic N) is 1. The summed E-state index contributed by atoms with van der Waals surface area (Å²) in [6.45, 7) is 1.89. The molecule has 112 valence electrons. The molecule has 1 aliphatic rings. The first kappa shape index (κ1) is 14.2. The normalized spacial score (nSPS) is 14.2. The molecule has 0 fully saturated rings. The molecule has 6 heteroatoms. The predicted molar refractivity (Wildman–Crippen MR) is 83.6 cm³/mol. The lowest BCUT2D eigenvalue weighted by atomic mass is 10.1. The van der Waals surface area contributed by atoms with Gasteiger partial charge < -0.3 is 16.4 Å². The number of nitrogens with one attached hydrogen (secondary N) is 2. The van der Waals surface area contributed by atoms with Crippen molar-refractivity contribution in [2.24, 2.45) is 5.73 Å². The van der Waals surface area contributed by atoms with E-state index in [1.807, 2.05) is 19.1 Å². The Labute approximate surface area is 127 Å². The molecule has 1 atom stereocenters. The van der Waals surface area contributed by atoms with Crippen molar-refractivity contribution >= 4 is 23.3 Å². The van der Waals surface area contributed by atoms with Crippen LogP contribution in [0.1, 0.15) is 34.5 Å². The van der Waals surface area contributed by atoms with Crippen LogP contribution in [0.4, 0.5) is 11.5 Å². The average Bonchev–Trinajstić information content (AvgIpc) is 2.88. The number of carbonyl (C=O) groups excluding carboxylic acids is 2. The summed E-state index contributed by atoms with van der Waals surface area (Å²) in [6.07, 6.45) is 1.78. The van der Waals surface area contributed by atoms with E-state index in [-0.39, 0.29) is 24.3 Å². The number of anilines is 2. The summed E-state index contributed by atoms with van der Waals surface area (Å²) in [5.74, 6) is 0.157. The molecular formula is C16H16N4O2. The Morgan fingerprint density at radius 2 is 2.05 bits per heavy atom. The van der Waals surface area contributed by atoms with Gasteiger partial charge in [-0.3, -0.25) is 9.59 Å². The first-order valence-corrected chi connectivity index (χ1v) is 6.99. The number of hydrogen-bond donors (Lipinski definition) is 3. The van der Waals surface area contributed by atoms with Crippen LogP contribution in [0.25, 0.3) is 0 Å². The smallest absolute Gasteiger partial charge is 0.255 e. The van der Waals surface area contributed by atoms with Crippen molar-refractivity contribution in [3.05, 3.63) is 53.2 Å². The fourth-order valence-corrected chi connectivity index (χ4v) is 2.37. The summed E-state index contributed by atoms with van der Waals surface area (Å²) >= 11 is 0. The molecule has 2 aromatic rings. The Morgan fingerprint density at radius 3 is 2.73 bits per heavy atom. The largest absolute Gasteiger partial charge is 0.324 e. The first-order chi connectivity index (χ1) is 10.5. The maximum absolute atomic E-state index is 12.3. The van der Waals surface area contributed by atoms with Gasteiger partial charge in [0.1, 0.15) is 5.82 Å². The molecule has 6 nitrogen and oxygen atoms in total. The van der Waals surface area contributed by atoms with E-state index in [2.05, 4.69) is 15.6 Å². The molecule has 1 aromatic carbocycles. The Kier molecular flexibility index (Phi) is 3.60. The number of amides is 2. The fourth-order valence-electron chi connectivity index (χ4n) is 2.37. The number of aromatic nitrogens is 1. The van der Waals surface area contributed by atoms with Gasteiger partial charge in [0.2, 0.25) is 5.91 Å². The molecule has 1 aromatic heterocycles. The number of pyridine rings is 1. The molecular weight excluding hydrogens is 280 g/mol. The van der Waals surface area contributed by atoms with Crippen LogP contribution in [0.2, 0.25) is 0 Å². The van der Waals surface area contributed by atoms with Crippen LogP contribution >= 0.6 is 0 Å². The van der Waals surface area contributed by atoms with Crippen LogP contribution in [0.5, 0.6) is 0 Å². The minimum atomic E-state index is -0.232. The number of hydrogen-bond acceptors (Lipinski definition) is 4. The van der Waals surface area contributed by atoms with E-state index >= 15 is 0 Å². The van der Waals surface area contributed by atoms with E-state index in [0.717, 1.165) is 5.56 Å². The van der Waals surface area contributed by atoms with Gasteiger partial charge in [-0.15, -0.1) is 0 Å². The van der Waals surface area contributed by atoms with Gasteiger partial charge in [0, 0.05) is 29.1 Å². The zero-order chi connectivity index (χ0) is 15.7. The summed E-state index contributed by atoms with van der Waals surface area (Å²) in [4.78, 5) is 27.8. The molecule has 22 heavy (non-hydrogen) atoms. The van der Waals surface area contributed by atoms with E-state index in [4.69, 9.17) is 5.73 Å². The van der Waals surface area contributed by atoms with Crippen molar-refractivity contribution in [1.82, 2.24) is 4.98 Å². The lowest BCUT2D eigenvalue weighted by Crippen LogP contribution is -2.14. The monoisotopic (exact) mass is 296 g/mol. The van der Waals surface area contributed by atoms with E-state index < -0.39 is 0 Å². The second kappa shape index (κ2) is 5.57. The number of nitrogens with two attached hydrogens (primary N) is 1. The van der Waals surface area contributed by atoms with Gasteiger partial charge >= 0.3 is 0 Å². The van der Waals surface area contributed by atoms with E-state index in [1.54, 1.807) is 24.4 Å². The van der Waals surface area contributed by atoms with E-state index in [1.165, 1.54) is 0 Å². The highest BCUT2D eigenvalue weighted by Crippen LogP contribution is 2.27. The molecule has 1 aliphatic heterocycles. The molecule has 0 bridgehead atoms. The van der Waals surface area contributed by atoms with Crippen molar-refractivity contribution in [3.63, 3.8) is 0 Å². The number of benzene rings is 1. The Morgan fingerprint density at radius 1 is 1.32 bits per heavy atom. The van der Waals surface area contributed by atoms with Crippen molar-refractivity contribution in [3.8, 4) is 0 Å². The van der Waals surface area contributed by atoms with Gasteiger partial charge in [0.05, 0.1) is 6.42 Å². The van der Waals surface area contributed by atoms with Crippen molar-refractivity contribution in [1.29, 1.82) is 0 Å². The van der Waals surface area contributed by atoms with Crippen LogP contribution in [0.3, 0.4) is 0 Å². The summed E-state index contributed by atoms with van der Waals surface area (Å²) in [7, 11) is 0. The highest BCUT2D eigenvalue weighted by Gasteiger charge is 2.22. The summed E-state index contributed by atoms with van der Waals surface area (Å²) in [5.41, 5.74) is 8.61. The first-order valence-electron chi connectivity index (χ1n) is 6.99. The zero-order valence-electron chi connectivity index (χ0n) is 12.1. The molecule has 1 unspecified atom stereocenters. The second-order valence-electron chi connectivity index (χ2n) is 5.28. The number of rotatable bonds is 3. The minimum absolute atomic E-state index is 0.0716. The second-order valence-corrected chi connectivity index (χ2v) is 5.28. The fraction of sp³-hybridized carbons (Fsp3) is 0.188. The van der Waals surface area contributed by atoms with Gasteiger partial charge in [0.25, 0.3) is 5.91 Å². The standard InChI is InChI=1S/C16H16N4O2/c1-9(17)10-2-4-11(5-3-10)16(22)19-13-6-7-18-15-12(13)8-14(21)20-15/h2-7,9H,8,17H2,1H3,(H2,18,19,20,21,22). The summed E-state index contributed by atoms with van der Waals surface area (Å²) in [6, 6.07) is 8.76. The van der Waals surface area contributed by atoms with Gasteiger partial charge in [-0.2, -0.15) is 0 Å². The van der Waals surface area contributed by atoms with Crippen molar-refractivity contribution in [2.45, 2.75) is 19.4 Å². The minimum Gasteiger partial charge on any atom is -0.324 e. The summed E-state index contributed by atoms with van der Waals surface area (Å²) < 4.78 is 0.